The first kappa shape index (κ1) is 11.6. The molecule has 2 rings (SSSR count). The SMILES string of the molecule is CCC1CCCC(NCc2ccnn2C)C1. The Labute approximate surface area is 98.2 Å². The smallest absolute Gasteiger partial charge is 0.0518 e. The summed E-state index contributed by atoms with van der Waals surface area (Å²) in [6, 6.07) is 2.81. The zero-order valence-electron chi connectivity index (χ0n) is 10.4. The minimum absolute atomic E-state index is 0.716. The molecule has 0 saturated heterocycles. The quantitative estimate of drug-likeness (QED) is 0.846. The first-order valence-corrected chi connectivity index (χ1v) is 6.50. The first-order valence-electron chi connectivity index (χ1n) is 6.50. The van der Waals surface area contributed by atoms with Gasteiger partial charge in [-0.25, -0.2) is 0 Å². The molecule has 0 bridgehead atoms. The molecule has 1 N–H and O–H groups in total. The van der Waals surface area contributed by atoms with Crippen molar-refractivity contribution in [2.45, 2.75) is 51.6 Å². The van der Waals surface area contributed by atoms with E-state index in [4.69, 9.17) is 0 Å². The van der Waals surface area contributed by atoms with E-state index in [1.165, 1.54) is 37.8 Å². The Bertz CT molecular complexity index is 319. The van der Waals surface area contributed by atoms with Crippen LogP contribution in [0.3, 0.4) is 0 Å². The summed E-state index contributed by atoms with van der Waals surface area (Å²) in [6.07, 6.45) is 8.72. The van der Waals surface area contributed by atoms with Gasteiger partial charge in [0.25, 0.3) is 0 Å². The molecule has 3 heteroatoms. The summed E-state index contributed by atoms with van der Waals surface area (Å²) in [5, 5.41) is 7.86. The summed E-state index contributed by atoms with van der Waals surface area (Å²) in [4.78, 5) is 0. The average molecular weight is 221 g/mol. The summed E-state index contributed by atoms with van der Waals surface area (Å²) in [6.45, 7) is 3.27. The molecule has 1 aromatic rings. The Balaban J connectivity index is 1.79. The lowest BCUT2D eigenvalue weighted by molar-refractivity contribution is 0.277. The van der Waals surface area contributed by atoms with E-state index in [-0.39, 0.29) is 0 Å². The molecule has 1 heterocycles. The number of nitrogens with one attached hydrogen (secondary N) is 1. The van der Waals surface area contributed by atoms with Crippen LogP contribution in [0, 0.1) is 5.92 Å². The normalized spacial score (nSPS) is 25.9. The molecule has 16 heavy (non-hydrogen) atoms. The number of aryl methyl sites for hydroxylation is 1. The van der Waals surface area contributed by atoms with Crippen molar-refractivity contribution in [2.75, 3.05) is 0 Å². The van der Waals surface area contributed by atoms with Crippen LogP contribution in [0.5, 0.6) is 0 Å². The van der Waals surface area contributed by atoms with E-state index < -0.39 is 0 Å². The van der Waals surface area contributed by atoms with E-state index in [1.807, 2.05) is 17.9 Å². The molecule has 1 aliphatic carbocycles. The van der Waals surface area contributed by atoms with Crippen LogP contribution in [0.4, 0.5) is 0 Å². The summed E-state index contributed by atoms with van der Waals surface area (Å²) in [5.74, 6) is 0.942. The Morgan fingerprint density at radius 3 is 3.06 bits per heavy atom. The van der Waals surface area contributed by atoms with Crippen molar-refractivity contribution in [1.29, 1.82) is 0 Å². The molecular formula is C13H23N3. The molecule has 0 radical (unpaired) electrons. The highest BCUT2D eigenvalue weighted by Gasteiger charge is 2.20. The second-order valence-corrected chi connectivity index (χ2v) is 4.96. The molecule has 1 aliphatic rings. The third-order valence-corrected chi connectivity index (χ3v) is 3.85. The van der Waals surface area contributed by atoms with Gasteiger partial charge in [0.2, 0.25) is 0 Å². The predicted molar refractivity (Wildman–Crippen MR) is 66.1 cm³/mol. The fraction of sp³-hybridized carbons (Fsp3) is 0.769. The van der Waals surface area contributed by atoms with Crippen LogP contribution >= 0.6 is 0 Å². The van der Waals surface area contributed by atoms with E-state index in [0.29, 0.717) is 6.04 Å². The molecular weight excluding hydrogens is 198 g/mol. The van der Waals surface area contributed by atoms with E-state index in [0.717, 1.165) is 12.5 Å². The number of aromatic nitrogens is 2. The maximum Gasteiger partial charge on any atom is 0.0518 e. The van der Waals surface area contributed by atoms with Gasteiger partial charge in [-0.2, -0.15) is 5.10 Å². The lowest BCUT2D eigenvalue weighted by atomic mass is 9.84. The van der Waals surface area contributed by atoms with Gasteiger partial charge >= 0.3 is 0 Å². The molecule has 0 amide bonds. The van der Waals surface area contributed by atoms with Crippen molar-refractivity contribution in [3.63, 3.8) is 0 Å². The van der Waals surface area contributed by atoms with Crippen molar-refractivity contribution in [1.82, 2.24) is 15.1 Å². The molecule has 2 unspecified atom stereocenters. The minimum atomic E-state index is 0.716. The standard InChI is InChI=1S/C13H23N3/c1-3-11-5-4-6-12(9-11)14-10-13-7-8-15-16(13)2/h7-8,11-12,14H,3-6,9-10H2,1-2H3. The van der Waals surface area contributed by atoms with Gasteiger partial charge in [-0.15, -0.1) is 0 Å². The number of nitrogens with zero attached hydrogens (tertiary/aromatic N) is 2. The van der Waals surface area contributed by atoms with Gasteiger partial charge in [-0.05, 0) is 24.8 Å². The lowest BCUT2D eigenvalue weighted by Crippen LogP contribution is -2.34. The van der Waals surface area contributed by atoms with Gasteiger partial charge in [-0.3, -0.25) is 4.68 Å². The topological polar surface area (TPSA) is 29.9 Å². The van der Waals surface area contributed by atoms with Crippen LogP contribution in [-0.2, 0) is 13.6 Å². The highest BCUT2D eigenvalue weighted by atomic mass is 15.3. The summed E-state index contributed by atoms with van der Waals surface area (Å²) >= 11 is 0. The zero-order chi connectivity index (χ0) is 11.4. The fourth-order valence-corrected chi connectivity index (χ4v) is 2.67. The molecule has 0 aromatic carbocycles. The Morgan fingerprint density at radius 1 is 1.50 bits per heavy atom. The maximum absolute atomic E-state index is 4.19. The maximum atomic E-state index is 4.19. The minimum Gasteiger partial charge on any atom is -0.308 e. The van der Waals surface area contributed by atoms with Crippen molar-refractivity contribution in [3.8, 4) is 0 Å². The molecule has 0 aliphatic heterocycles. The molecule has 3 nitrogen and oxygen atoms in total. The van der Waals surface area contributed by atoms with Crippen LogP contribution in [0.25, 0.3) is 0 Å². The third kappa shape index (κ3) is 2.85. The van der Waals surface area contributed by atoms with Gasteiger partial charge in [-0.1, -0.05) is 26.2 Å². The Morgan fingerprint density at radius 2 is 2.38 bits per heavy atom. The second kappa shape index (κ2) is 5.48. The van der Waals surface area contributed by atoms with Gasteiger partial charge in [0.05, 0.1) is 5.69 Å². The van der Waals surface area contributed by atoms with Crippen LogP contribution in [0.2, 0.25) is 0 Å². The zero-order valence-corrected chi connectivity index (χ0v) is 10.4. The number of rotatable bonds is 4. The molecule has 90 valence electrons. The van der Waals surface area contributed by atoms with Crippen molar-refractivity contribution in [3.05, 3.63) is 18.0 Å². The van der Waals surface area contributed by atoms with Crippen molar-refractivity contribution < 1.29 is 0 Å². The predicted octanol–water partition coefficient (Wildman–Crippen LogP) is 2.48. The second-order valence-electron chi connectivity index (χ2n) is 4.96. The van der Waals surface area contributed by atoms with E-state index in [1.54, 1.807) is 0 Å². The van der Waals surface area contributed by atoms with Crippen LogP contribution < -0.4 is 5.32 Å². The monoisotopic (exact) mass is 221 g/mol. The lowest BCUT2D eigenvalue weighted by Gasteiger charge is -2.29. The van der Waals surface area contributed by atoms with Crippen LogP contribution in [0.1, 0.15) is 44.7 Å². The highest BCUT2D eigenvalue weighted by molar-refractivity contribution is 4.99. The summed E-state index contributed by atoms with van der Waals surface area (Å²) in [7, 11) is 2.01. The van der Waals surface area contributed by atoms with Crippen molar-refractivity contribution in [2.24, 2.45) is 13.0 Å². The number of hydrogen-bond acceptors (Lipinski definition) is 2. The largest absolute Gasteiger partial charge is 0.308 e. The highest BCUT2D eigenvalue weighted by Crippen LogP contribution is 2.26. The van der Waals surface area contributed by atoms with Gasteiger partial charge in [0, 0.05) is 25.8 Å². The van der Waals surface area contributed by atoms with Gasteiger partial charge < -0.3 is 5.32 Å². The molecule has 1 saturated carbocycles. The Kier molecular flexibility index (Phi) is 3.99. The Hall–Kier alpha value is -0.830. The van der Waals surface area contributed by atoms with E-state index >= 15 is 0 Å². The van der Waals surface area contributed by atoms with E-state index in [2.05, 4.69) is 23.4 Å². The van der Waals surface area contributed by atoms with E-state index in [9.17, 15) is 0 Å². The van der Waals surface area contributed by atoms with Crippen LogP contribution in [0.15, 0.2) is 12.3 Å². The molecule has 1 aromatic heterocycles. The molecule has 1 fully saturated rings. The van der Waals surface area contributed by atoms with Gasteiger partial charge in [0.15, 0.2) is 0 Å². The van der Waals surface area contributed by atoms with Crippen LogP contribution in [-0.4, -0.2) is 15.8 Å². The molecule has 2 atom stereocenters. The van der Waals surface area contributed by atoms with Gasteiger partial charge in [0.1, 0.15) is 0 Å². The summed E-state index contributed by atoms with van der Waals surface area (Å²) < 4.78 is 1.95. The first-order chi connectivity index (χ1) is 7.79. The number of hydrogen-bond donors (Lipinski definition) is 1. The van der Waals surface area contributed by atoms with Crippen molar-refractivity contribution >= 4 is 0 Å². The summed E-state index contributed by atoms with van der Waals surface area (Å²) in [5.41, 5.74) is 1.28. The molecule has 0 spiro atoms. The fourth-order valence-electron chi connectivity index (χ4n) is 2.67. The third-order valence-electron chi connectivity index (χ3n) is 3.85. The average Bonchev–Trinajstić information content (AvgIpc) is 2.72.